The van der Waals surface area contributed by atoms with Gasteiger partial charge >= 0.3 is 5.97 Å². The van der Waals surface area contributed by atoms with Gasteiger partial charge in [-0.3, -0.25) is 4.79 Å². The van der Waals surface area contributed by atoms with E-state index in [1.54, 1.807) is 24.3 Å². The molecule has 1 heterocycles. The molecular weight excluding hydrogens is 228 g/mol. The summed E-state index contributed by atoms with van der Waals surface area (Å²) in [7, 11) is -3.20. The third-order valence-electron chi connectivity index (χ3n) is 2.82. The molecule has 1 aromatic carbocycles. The largest absolute Gasteiger partial charge is 0.481 e. The Bertz CT molecular complexity index is 519. The molecule has 0 bridgehead atoms. The lowest BCUT2D eigenvalue weighted by Crippen LogP contribution is -2.06. The van der Waals surface area contributed by atoms with Crippen LogP contribution in [0.4, 0.5) is 0 Å². The Balaban J connectivity index is 2.30. The van der Waals surface area contributed by atoms with Crippen molar-refractivity contribution in [3.05, 3.63) is 29.8 Å². The number of carboxylic acids is 1. The van der Waals surface area contributed by atoms with Crippen LogP contribution in [-0.4, -0.2) is 25.2 Å². The fraction of sp³-hybridized carbons (Fsp3) is 0.364. The summed E-state index contributed by atoms with van der Waals surface area (Å²) in [5, 5.41) is 8.60. The van der Waals surface area contributed by atoms with Gasteiger partial charge in [0.25, 0.3) is 0 Å². The molecule has 1 aliphatic rings. The Labute approximate surface area is 93.8 Å². The summed E-state index contributed by atoms with van der Waals surface area (Å²) in [6.45, 7) is 0. The second-order valence-corrected chi connectivity index (χ2v) is 5.95. The van der Waals surface area contributed by atoms with Crippen molar-refractivity contribution in [1.82, 2.24) is 0 Å². The standard InChI is InChI=1S/C11H12O4S/c12-11(13)6-5-8-7-16(14,15)10-4-2-1-3-9(8)10/h1-4,8H,5-7H2,(H,12,13). The fourth-order valence-electron chi connectivity index (χ4n) is 2.08. The maximum absolute atomic E-state index is 11.8. The van der Waals surface area contributed by atoms with Gasteiger partial charge in [-0.15, -0.1) is 0 Å². The number of rotatable bonds is 3. The SMILES string of the molecule is O=C(O)CCC1CS(=O)(=O)c2ccccc21. The summed E-state index contributed by atoms with van der Waals surface area (Å²) in [5.41, 5.74) is 0.767. The van der Waals surface area contributed by atoms with Crippen molar-refractivity contribution in [3.8, 4) is 0 Å². The van der Waals surface area contributed by atoms with Crippen LogP contribution in [0.15, 0.2) is 29.2 Å². The lowest BCUT2D eigenvalue weighted by atomic mass is 9.96. The Hall–Kier alpha value is -1.36. The number of aliphatic carboxylic acids is 1. The van der Waals surface area contributed by atoms with E-state index < -0.39 is 15.8 Å². The molecule has 16 heavy (non-hydrogen) atoms. The van der Waals surface area contributed by atoms with Crippen molar-refractivity contribution >= 4 is 15.8 Å². The van der Waals surface area contributed by atoms with E-state index in [1.807, 2.05) is 0 Å². The van der Waals surface area contributed by atoms with E-state index in [2.05, 4.69) is 0 Å². The van der Waals surface area contributed by atoms with E-state index in [1.165, 1.54) is 0 Å². The highest BCUT2D eigenvalue weighted by molar-refractivity contribution is 7.91. The summed E-state index contributed by atoms with van der Waals surface area (Å²) >= 11 is 0. The zero-order valence-electron chi connectivity index (χ0n) is 8.59. The zero-order valence-corrected chi connectivity index (χ0v) is 9.40. The highest BCUT2D eigenvalue weighted by Gasteiger charge is 2.34. The molecule has 0 amide bonds. The lowest BCUT2D eigenvalue weighted by Gasteiger charge is -2.06. The maximum Gasteiger partial charge on any atom is 0.303 e. The molecule has 0 aliphatic carbocycles. The van der Waals surface area contributed by atoms with Crippen LogP contribution in [0.3, 0.4) is 0 Å². The van der Waals surface area contributed by atoms with E-state index in [4.69, 9.17) is 5.11 Å². The summed E-state index contributed by atoms with van der Waals surface area (Å²) in [5.74, 6) is -1.02. The molecule has 0 saturated carbocycles. The predicted molar refractivity (Wildman–Crippen MR) is 58.1 cm³/mol. The third-order valence-corrected chi connectivity index (χ3v) is 4.70. The zero-order chi connectivity index (χ0) is 11.8. The monoisotopic (exact) mass is 240 g/mol. The Morgan fingerprint density at radius 2 is 2.06 bits per heavy atom. The van der Waals surface area contributed by atoms with Gasteiger partial charge < -0.3 is 5.11 Å². The highest BCUT2D eigenvalue weighted by Crippen LogP contribution is 2.37. The van der Waals surface area contributed by atoms with Crippen molar-refractivity contribution in [1.29, 1.82) is 0 Å². The Kier molecular flexibility index (Phi) is 2.71. The summed E-state index contributed by atoms with van der Waals surface area (Å²) in [6, 6.07) is 6.83. The summed E-state index contributed by atoms with van der Waals surface area (Å²) < 4.78 is 23.5. The van der Waals surface area contributed by atoms with E-state index >= 15 is 0 Å². The molecule has 1 unspecified atom stereocenters. The van der Waals surface area contributed by atoms with Gasteiger partial charge in [0.1, 0.15) is 0 Å². The number of carbonyl (C=O) groups is 1. The Morgan fingerprint density at radius 1 is 1.38 bits per heavy atom. The smallest absolute Gasteiger partial charge is 0.303 e. The van der Waals surface area contributed by atoms with Gasteiger partial charge in [-0.05, 0) is 18.1 Å². The fourth-order valence-corrected chi connectivity index (χ4v) is 4.02. The molecule has 0 aromatic heterocycles. The van der Waals surface area contributed by atoms with Crippen molar-refractivity contribution in [3.63, 3.8) is 0 Å². The van der Waals surface area contributed by atoms with Crippen molar-refractivity contribution in [2.45, 2.75) is 23.7 Å². The Morgan fingerprint density at radius 3 is 2.75 bits per heavy atom. The molecule has 0 saturated heterocycles. The molecule has 1 aromatic rings. The lowest BCUT2D eigenvalue weighted by molar-refractivity contribution is -0.137. The topological polar surface area (TPSA) is 71.4 Å². The van der Waals surface area contributed by atoms with Crippen molar-refractivity contribution < 1.29 is 18.3 Å². The minimum atomic E-state index is -3.20. The predicted octanol–water partition coefficient (Wildman–Crippen LogP) is 1.42. The molecule has 2 rings (SSSR count). The van der Waals surface area contributed by atoms with Crippen LogP contribution >= 0.6 is 0 Å². The van der Waals surface area contributed by atoms with Gasteiger partial charge in [-0.25, -0.2) is 8.42 Å². The number of benzene rings is 1. The maximum atomic E-state index is 11.8. The van der Waals surface area contributed by atoms with Gasteiger partial charge in [-0.1, -0.05) is 18.2 Å². The first kappa shape index (κ1) is 11.1. The van der Waals surface area contributed by atoms with Crippen LogP contribution in [0.1, 0.15) is 24.3 Å². The highest BCUT2D eigenvalue weighted by atomic mass is 32.2. The van der Waals surface area contributed by atoms with Crippen LogP contribution < -0.4 is 0 Å². The first-order chi connectivity index (χ1) is 7.50. The molecule has 4 nitrogen and oxygen atoms in total. The second-order valence-electron chi connectivity index (χ2n) is 3.95. The van der Waals surface area contributed by atoms with E-state index in [0.717, 1.165) is 5.56 Å². The molecule has 86 valence electrons. The quantitative estimate of drug-likeness (QED) is 0.867. The second kappa shape index (κ2) is 3.90. The molecule has 1 atom stereocenters. The average Bonchev–Trinajstić information content (AvgIpc) is 2.49. The first-order valence-corrected chi connectivity index (χ1v) is 6.69. The number of hydrogen-bond donors (Lipinski definition) is 1. The van der Waals surface area contributed by atoms with Crippen LogP contribution in [0.5, 0.6) is 0 Å². The molecule has 0 spiro atoms. The van der Waals surface area contributed by atoms with E-state index in [9.17, 15) is 13.2 Å². The van der Waals surface area contributed by atoms with Gasteiger partial charge in [-0.2, -0.15) is 0 Å². The molecule has 0 fully saturated rings. The van der Waals surface area contributed by atoms with Crippen molar-refractivity contribution in [2.75, 3.05) is 5.75 Å². The van der Waals surface area contributed by atoms with E-state index in [0.29, 0.717) is 11.3 Å². The number of hydrogen-bond acceptors (Lipinski definition) is 3. The molecular formula is C11H12O4S. The van der Waals surface area contributed by atoms with Crippen LogP contribution in [0.2, 0.25) is 0 Å². The van der Waals surface area contributed by atoms with Gasteiger partial charge in [0.05, 0.1) is 10.6 Å². The summed E-state index contributed by atoms with van der Waals surface area (Å²) in [6.07, 6.45) is 0.389. The average molecular weight is 240 g/mol. The normalized spacial score (nSPS) is 21.6. The minimum absolute atomic E-state index is 0.00845. The van der Waals surface area contributed by atoms with Gasteiger partial charge in [0.15, 0.2) is 9.84 Å². The molecule has 0 radical (unpaired) electrons. The van der Waals surface area contributed by atoms with E-state index in [-0.39, 0.29) is 18.1 Å². The first-order valence-electron chi connectivity index (χ1n) is 5.04. The molecule has 1 N–H and O–H groups in total. The van der Waals surface area contributed by atoms with Crippen LogP contribution in [0.25, 0.3) is 0 Å². The minimum Gasteiger partial charge on any atom is -0.481 e. The summed E-state index contributed by atoms with van der Waals surface area (Å²) in [4.78, 5) is 10.8. The molecule has 5 heteroatoms. The number of fused-ring (bicyclic) bond motifs is 1. The number of carboxylic acid groups (broad SMARTS) is 1. The van der Waals surface area contributed by atoms with Crippen molar-refractivity contribution in [2.24, 2.45) is 0 Å². The molecule has 1 aliphatic heterocycles. The third kappa shape index (κ3) is 1.95. The van der Waals surface area contributed by atoms with Gasteiger partial charge in [0.2, 0.25) is 0 Å². The van der Waals surface area contributed by atoms with Crippen LogP contribution in [-0.2, 0) is 14.6 Å². The van der Waals surface area contributed by atoms with Crippen LogP contribution in [0, 0.1) is 0 Å². The number of sulfone groups is 1. The van der Waals surface area contributed by atoms with Gasteiger partial charge in [0, 0.05) is 12.3 Å².